The van der Waals surface area contributed by atoms with E-state index in [4.69, 9.17) is 4.74 Å². The zero-order chi connectivity index (χ0) is 12.7. The van der Waals surface area contributed by atoms with E-state index in [9.17, 15) is 4.39 Å². The Morgan fingerprint density at radius 2 is 2.18 bits per heavy atom. The van der Waals surface area contributed by atoms with Gasteiger partial charge in [-0.15, -0.1) is 0 Å². The molecular formula is C13H19BrFNO. The zero-order valence-electron chi connectivity index (χ0n) is 10.3. The summed E-state index contributed by atoms with van der Waals surface area (Å²) in [6.45, 7) is 6.31. The lowest BCUT2D eigenvalue weighted by Gasteiger charge is -2.09. The third-order valence-corrected chi connectivity index (χ3v) is 3.06. The SMILES string of the molecule is CC(C)NCCCOCc1cc(F)ccc1Br. The molecule has 0 fully saturated rings. The van der Waals surface area contributed by atoms with E-state index in [1.165, 1.54) is 12.1 Å². The summed E-state index contributed by atoms with van der Waals surface area (Å²) < 4.78 is 19.4. The van der Waals surface area contributed by atoms with Crippen molar-refractivity contribution in [2.45, 2.75) is 32.9 Å². The number of hydrogen-bond acceptors (Lipinski definition) is 2. The van der Waals surface area contributed by atoms with Crippen LogP contribution in [0.4, 0.5) is 4.39 Å². The van der Waals surface area contributed by atoms with Crippen molar-refractivity contribution in [3.8, 4) is 0 Å². The normalized spacial score (nSPS) is 11.1. The summed E-state index contributed by atoms with van der Waals surface area (Å²) in [5, 5.41) is 3.32. The maximum Gasteiger partial charge on any atom is 0.123 e. The second kappa shape index (κ2) is 7.80. The molecule has 0 unspecified atom stereocenters. The highest BCUT2D eigenvalue weighted by atomic mass is 79.9. The van der Waals surface area contributed by atoms with Gasteiger partial charge in [-0.05, 0) is 36.7 Å². The van der Waals surface area contributed by atoms with Gasteiger partial charge in [0.2, 0.25) is 0 Å². The topological polar surface area (TPSA) is 21.3 Å². The molecule has 0 bridgehead atoms. The second-order valence-corrected chi connectivity index (χ2v) is 5.11. The minimum absolute atomic E-state index is 0.228. The summed E-state index contributed by atoms with van der Waals surface area (Å²) in [5.74, 6) is -0.228. The molecule has 2 nitrogen and oxygen atoms in total. The van der Waals surface area contributed by atoms with E-state index < -0.39 is 0 Å². The van der Waals surface area contributed by atoms with Crippen molar-refractivity contribution in [2.24, 2.45) is 0 Å². The molecular weight excluding hydrogens is 285 g/mol. The molecule has 0 spiro atoms. The molecule has 1 rings (SSSR count). The lowest BCUT2D eigenvalue weighted by atomic mass is 10.2. The Hall–Kier alpha value is -0.450. The lowest BCUT2D eigenvalue weighted by Crippen LogP contribution is -2.24. The summed E-state index contributed by atoms with van der Waals surface area (Å²) >= 11 is 3.37. The first-order valence-corrected chi connectivity index (χ1v) is 6.64. The van der Waals surface area contributed by atoms with Crippen LogP contribution in [0.5, 0.6) is 0 Å². The molecule has 0 aromatic heterocycles. The average Bonchev–Trinajstić information content (AvgIpc) is 2.27. The van der Waals surface area contributed by atoms with Crippen molar-refractivity contribution >= 4 is 15.9 Å². The number of ether oxygens (including phenoxy) is 1. The van der Waals surface area contributed by atoms with Gasteiger partial charge in [0, 0.05) is 17.1 Å². The molecule has 1 aromatic rings. The van der Waals surface area contributed by atoms with Crippen molar-refractivity contribution in [1.29, 1.82) is 0 Å². The molecule has 0 radical (unpaired) electrons. The largest absolute Gasteiger partial charge is 0.377 e. The van der Waals surface area contributed by atoms with Crippen LogP contribution in [0.2, 0.25) is 0 Å². The molecule has 17 heavy (non-hydrogen) atoms. The van der Waals surface area contributed by atoms with Crippen molar-refractivity contribution in [3.05, 3.63) is 34.1 Å². The molecule has 0 aliphatic rings. The summed E-state index contributed by atoms with van der Waals surface area (Å²) in [6, 6.07) is 5.14. The Morgan fingerprint density at radius 3 is 2.88 bits per heavy atom. The number of benzene rings is 1. The van der Waals surface area contributed by atoms with Crippen LogP contribution in [0.15, 0.2) is 22.7 Å². The quantitative estimate of drug-likeness (QED) is 0.779. The van der Waals surface area contributed by atoms with E-state index in [0.717, 1.165) is 23.0 Å². The van der Waals surface area contributed by atoms with Gasteiger partial charge in [0.1, 0.15) is 5.82 Å². The van der Waals surface area contributed by atoms with Gasteiger partial charge in [-0.25, -0.2) is 4.39 Å². The lowest BCUT2D eigenvalue weighted by molar-refractivity contribution is 0.117. The van der Waals surface area contributed by atoms with Crippen LogP contribution in [-0.4, -0.2) is 19.2 Å². The molecule has 0 aliphatic heterocycles. The fourth-order valence-electron chi connectivity index (χ4n) is 1.40. The number of rotatable bonds is 7. The summed E-state index contributed by atoms with van der Waals surface area (Å²) in [4.78, 5) is 0. The van der Waals surface area contributed by atoms with Crippen LogP contribution >= 0.6 is 15.9 Å². The number of halogens is 2. The summed E-state index contributed by atoms with van der Waals surface area (Å²) in [6.07, 6.45) is 0.963. The van der Waals surface area contributed by atoms with Crippen LogP contribution in [-0.2, 0) is 11.3 Å². The fraction of sp³-hybridized carbons (Fsp3) is 0.538. The maximum atomic E-state index is 13.0. The molecule has 1 N–H and O–H groups in total. The van der Waals surface area contributed by atoms with E-state index >= 15 is 0 Å². The highest BCUT2D eigenvalue weighted by Crippen LogP contribution is 2.18. The third kappa shape index (κ3) is 6.15. The minimum Gasteiger partial charge on any atom is -0.377 e. The van der Waals surface area contributed by atoms with Crippen LogP contribution in [0.1, 0.15) is 25.8 Å². The Labute approximate surface area is 111 Å². The second-order valence-electron chi connectivity index (χ2n) is 4.25. The van der Waals surface area contributed by atoms with E-state index in [2.05, 4.69) is 35.1 Å². The van der Waals surface area contributed by atoms with Crippen LogP contribution in [0.3, 0.4) is 0 Å². The van der Waals surface area contributed by atoms with Crippen molar-refractivity contribution in [2.75, 3.05) is 13.2 Å². The van der Waals surface area contributed by atoms with E-state index in [1.54, 1.807) is 6.07 Å². The highest BCUT2D eigenvalue weighted by molar-refractivity contribution is 9.10. The monoisotopic (exact) mass is 303 g/mol. The van der Waals surface area contributed by atoms with E-state index in [1.807, 2.05) is 0 Å². The van der Waals surface area contributed by atoms with Gasteiger partial charge in [-0.2, -0.15) is 0 Å². The molecule has 0 saturated heterocycles. The smallest absolute Gasteiger partial charge is 0.123 e. The highest BCUT2D eigenvalue weighted by Gasteiger charge is 2.01. The van der Waals surface area contributed by atoms with Gasteiger partial charge in [-0.1, -0.05) is 29.8 Å². The number of nitrogens with one attached hydrogen (secondary N) is 1. The predicted octanol–water partition coefficient (Wildman–Crippen LogP) is 3.49. The summed E-state index contributed by atoms with van der Waals surface area (Å²) in [5.41, 5.74) is 0.849. The zero-order valence-corrected chi connectivity index (χ0v) is 11.9. The molecule has 0 saturated carbocycles. The van der Waals surface area contributed by atoms with Gasteiger partial charge in [0.15, 0.2) is 0 Å². The fourth-order valence-corrected chi connectivity index (χ4v) is 1.76. The molecule has 0 aliphatic carbocycles. The molecule has 0 heterocycles. The molecule has 96 valence electrons. The van der Waals surface area contributed by atoms with E-state index in [0.29, 0.717) is 19.3 Å². The van der Waals surface area contributed by atoms with Crippen LogP contribution < -0.4 is 5.32 Å². The number of hydrogen-bond donors (Lipinski definition) is 1. The van der Waals surface area contributed by atoms with Crippen LogP contribution in [0, 0.1) is 5.82 Å². The molecule has 0 atom stereocenters. The van der Waals surface area contributed by atoms with Crippen molar-refractivity contribution < 1.29 is 9.13 Å². The Kier molecular flexibility index (Phi) is 6.70. The Bertz CT molecular complexity index is 344. The van der Waals surface area contributed by atoms with Crippen LogP contribution in [0.25, 0.3) is 0 Å². The minimum atomic E-state index is -0.228. The molecule has 1 aromatic carbocycles. The summed E-state index contributed by atoms with van der Waals surface area (Å²) in [7, 11) is 0. The first kappa shape index (κ1) is 14.6. The van der Waals surface area contributed by atoms with Crippen molar-refractivity contribution in [3.63, 3.8) is 0 Å². The van der Waals surface area contributed by atoms with Gasteiger partial charge in [0.05, 0.1) is 6.61 Å². The Morgan fingerprint density at radius 1 is 1.41 bits per heavy atom. The van der Waals surface area contributed by atoms with Gasteiger partial charge >= 0.3 is 0 Å². The molecule has 4 heteroatoms. The maximum absolute atomic E-state index is 13.0. The van der Waals surface area contributed by atoms with Gasteiger partial charge in [0.25, 0.3) is 0 Å². The van der Waals surface area contributed by atoms with Crippen molar-refractivity contribution in [1.82, 2.24) is 5.32 Å². The van der Waals surface area contributed by atoms with E-state index in [-0.39, 0.29) is 5.82 Å². The van der Waals surface area contributed by atoms with Gasteiger partial charge < -0.3 is 10.1 Å². The Balaban J connectivity index is 2.20. The first-order valence-electron chi connectivity index (χ1n) is 5.84. The first-order chi connectivity index (χ1) is 8.09. The molecule has 0 amide bonds. The third-order valence-electron chi connectivity index (χ3n) is 2.28. The average molecular weight is 304 g/mol. The van der Waals surface area contributed by atoms with Gasteiger partial charge in [-0.3, -0.25) is 0 Å². The predicted molar refractivity (Wildman–Crippen MR) is 71.5 cm³/mol. The standard InChI is InChI=1S/C13H19BrFNO/c1-10(2)16-6-3-7-17-9-11-8-12(15)4-5-13(11)14/h4-5,8,10,16H,3,6-7,9H2,1-2H3.